The van der Waals surface area contributed by atoms with Gasteiger partial charge in [0.15, 0.2) is 0 Å². The highest BCUT2D eigenvalue weighted by molar-refractivity contribution is 6.39. The van der Waals surface area contributed by atoms with Crippen molar-refractivity contribution in [2.75, 3.05) is 11.9 Å². The molecule has 3 nitrogen and oxygen atoms in total. The Kier molecular flexibility index (Phi) is 4.60. The van der Waals surface area contributed by atoms with Crippen LogP contribution in [0.3, 0.4) is 0 Å². The molecule has 1 aliphatic rings. The Balaban J connectivity index is 1.99. The third-order valence-corrected chi connectivity index (χ3v) is 4.50. The zero-order valence-corrected chi connectivity index (χ0v) is 14.0. The number of cyclic esters (lactones) is 1. The van der Waals surface area contributed by atoms with E-state index in [9.17, 15) is 4.79 Å². The maximum Gasteiger partial charge on any atom is 0.334 e. The van der Waals surface area contributed by atoms with E-state index in [-0.39, 0.29) is 5.97 Å². The highest BCUT2D eigenvalue weighted by atomic mass is 35.5. The van der Waals surface area contributed by atoms with Gasteiger partial charge in [-0.1, -0.05) is 47.5 Å². The highest BCUT2D eigenvalue weighted by Gasteiger charge is 2.19. The van der Waals surface area contributed by atoms with Gasteiger partial charge in [-0.2, -0.15) is 0 Å². The van der Waals surface area contributed by atoms with Gasteiger partial charge in [0.2, 0.25) is 0 Å². The van der Waals surface area contributed by atoms with Crippen LogP contribution >= 0.6 is 23.2 Å². The van der Waals surface area contributed by atoms with Crippen molar-refractivity contribution in [3.63, 3.8) is 0 Å². The first-order valence-electron chi connectivity index (χ1n) is 7.24. The standard InChI is InChI=1S/C18H15Cl2NO2/c1-11-6-7-14(19)17(16(11)20)21-15-5-3-2-4-12(15)10-13-8-9-23-18(13)22/h2-7,10,21H,8-9H2,1H3/b13-10+. The molecule has 5 heteroatoms. The molecule has 0 radical (unpaired) electrons. The van der Waals surface area contributed by atoms with Crippen molar-refractivity contribution in [1.29, 1.82) is 0 Å². The number of nitrogens with one attached hydrogen (secondary N) is 1. The third kappa shape index (κ3) is 3.36. The topological polar surface area (TPSA) is 38.3 Å². The molecule has 0 atom stereocenters. The predicted octanol–water partition coefficient (Wildman–Crippen LogP) is 5.38. The molecule has 3 rings (SSSR count). The molecule has 23 heavy (non-hydrogen) atoms. The van der Waals surface area contributed by atoms with Gasteiger partial charge < -0.3 is 10.1 Å². The second kappa shape index (κ2) is 6.65. The Bertz CT molecular complexity index is 800. The normalized spacial score (nSPS) is 15.8. The highest BCUT2D eigenvalue weighted by Crippen LogP contribution is 2.36. The number of hydrogen-bond donors (Lipinski definition) is 1. The maximum atomic E-state index is 11.6. The largest absolute Gasteiger partial charge is 0.462 e. The quantitative estimate of drug-likeness (QED) is 0.598. The summed E-state index contributed by atoms with van der Waals surface area (Å²) in [5, 5.41) is 4.41. The van der Waals surface area contributed by atoms with Crippen LogP contribution in [0.15, 0.2) is 42.0 Å². The van der Waals surface area contributed by atoms with Gasteiger partial charge in [0.25, 0.3) is 0 Å². The predicted molar refractivity (Wildman–Crippen MR) is 94.5 cm³/mol. The van der Waals surface area contributed by atoms with Gasteiger partial charge in [0.05, 0.1) is 22.3 Å². The molecule has 1 saturated heterocycles. The lowest BCUT2D eigenvalue weighted by Crippen LogP contribution is -1.98. The molecule has 118 valence electrons. The summed E-state index contributed by atoms with van der Waals surface area (Å²) in [6.07, 6.45) is 2.47. The first-order valence-corrected chi connectivity index (χ1v) is 8.00. The van der Waals surface area contributed by atoms with Gasteiger partial charge in [-0.3, -0.25) is 0 Å². The maximum absolute atomic E-state index is 11.6. The second-order valence-electron chi connectivity index (χ2n) is 5.32. The van der Waals surface area contributed by atoms with Gasteiger partial charge in [0, 0.05) is 17.7 Å². The number of halogens is 2. The number of carbonyl (C=O) groups excluding carboxylic acids is 1. The summed E-state index contributed by atoms with van der Waals surface area (Å²) in [7, 11) is 0. The summed E-state index contributed by atoms with van der Waals surface area (Å²) in [4.78, 5) is 11.6. The van der Waals surface area contributed by atoms with Crippen LogP contribution in [0.2, 0.25) is 10.0 Å². The smallest absolute Gasteiger partial charge is 0.334 e. The van der Waals surface area contributed by atoms with Crippen molar-refractivity contribution < 1.29 is 9.53 Å². The molecule has 1 heterocycles. The van der Waals surface area contributed by atoms with E-state index in [4.69, 9.17) is 27.9 Å². The summed E-state index contributed by atoms with van der Waals surface area (Å²) in [6, 6.07) is 11.4. The first-order chi connectivity index (χ1) is 11.1. The SMILES string of the molecule is Cc1ccc(Cl)c(Nc2ccccc2/C=C2\CCOC2=O)c1Cl. The molecule has 0 spiro atoms. The summed E-state index contributed by atoms with van der Waals surface area (Å²) in [5.41, 5.74) is 3.98. The number of rotatable bonds is 3. The third-order valence-electron chi connectivity index (χ3n) is 3.70. The summed E-state index contributed by atoms with van der Waals surface area (Å²) >= 11 is 12.6. The molecule has 0 aliphatic carbocycles. The molecule has 1 fully saturated rings. The van der Waals surface area contributed by atoms with E-state index in [0.717, 1.165) is 16.8 Å². The van der Waals surface area contributed by atoms with Crippen LogP contribution < -0.4 is 5.32 Å². The van der Waals surface area contributed by atoms with E-state index >= 15 is 0 Å². The van der Waals surface area contributed by atoms with Gasteiger partial charge in [-0.05, 0) is 36.3 Å². The average Bonchev–Trinajstić information content (AvgIpc) is 2.94. The Morgan fingerprint density at radius 2 is 1.96 bits per heavy atom. The van der Waals surface area contributed by atoms with Crippen molar-refractivity contribution in [3.05, 3.63) is 63.1 Å². The Morgan fingerprint density at radius 1 is 1.17 bits per heavy atom. The molecule has 0 bridgehead atoms. The number of benzene rings is 2. The summed E-state index contributed by atoms with van der Waals surface area (Å²) < 4.78 is 4.98. The molecule has 2 aromatic rings. The van der Waals surface area contributed by atoms with Gasteiger partial charge in [-0.15, -0.1) is 0 Å². The summed E-state index contributed by atoms with van der Waals surface area (Å²) in [6.45, 7) is 2.36. The number of anilines is 2. The fourth-order valence-electron chi connectivity index (χ4n) is 2.41. The number of ether oxygens (including phenoxy) is 1. The number of hydrogen-bond acceptors (Lipinski definition) is 3. The van der Waals surface area contributed by atoms with Crippen LogP contribution in [0.1, 0.15) is 17.5 Å². The molecule has 0 amide bonds. The van der Waals surface area contributed by atoms with Crippen LogP contribution in [0.5, 0.6) is 0 Å². The van der Waals surface area contributed by atoms with Gasteiger partial charge in [-0.25, -0.2) is 4.79 Å². The van der Waals surface area contributed by atoms with Crippen LogP contribution in [0.4, 0.5) is 11.4 Å². The first kappa shape index (κ1) is 15.9. The van der Waals surface area contributed by atoms with Gasteiger partial charge >= 0.3 is 5.97 Å². The number of esters is 1. The Morgan fingerprint density at radius 3 is 2.70 bits per heavy atom. The lowest BCUT2D eigenvalue weighted by Gasteiger charge is -2.14. The molecule has 2 aromatic carbocycles. The minimum atomic E-state index is -0.258. The van der Waals surface area contributed by atoms with Crippen LogP contribution in [-0.4, -0.2) is 12.6 Å². The second-order valence-corrected chi connectivity index (χ2v) is 6.11. The van der Waals surface area contributed by atoms with E-state index in [2.05, 4.69) is 5.32 Å². The van der Waals surface area contributed by atoms with Crippen molar-refractivity contribution in [2.24, 2.45) is 0 Å². The van der Waals surface area contributed by atoms with E-state index in [1.54, 1.807) is 6.07 Å². The number of aryl methyl sites for hydroxylation is 1. The molecule has 0 unspecified atom stereocenters. The van der Waals surface area contributed by atoms with E-state index < -0.39 is 0 Å². The fourth-order valence-corrected chi connectivity index (χ4v) is 2.88. The molecule has 1 aliphatic heterocycles. The Labute approximate surface area is 144 Å². The summed E-state index contributed by atoms with van der Waals surface area (Å²) in [5.74, 6) is -0.258. The molecular weight excluding hydrogens is 333 g/mol. The molecule has 0 aromatic heterocycles. The van der Waals surface area contributed by atoms with Crippen molar-refractivity contribution >= 4 is 46.6 Å². The van der Waals surface area contributed by atoms with Crippen LogP contribution in [0.25, 0.3) is 6.08 Å². The molecule has 0 saturated carbocycles. The number of para-hydroxylation sites is 1. The van der Waals surface area contributed by atoms with Crippen molar-refractivity contribution in [3.8, 4) is 0 Å². The van der Waals surface area contributed by atoms with Crippen LogP contribution in [-0.2, 0) is 9.53 Å². The minimum Gasteiger partial charge on any atom is -0.462 e. The van der Waals surface area contributed by atoms with Gasteiger partial charge in [0.1, 0.15) is 0 Å². The van der Waals surface area contributed by atoms with E-state index in [1.807, 2.05) is 43.3 Å². The Hall–Kier alpha value is -1.97. The van der Waals surface area contributed by atoms with Crippen molar-refractivity contribution in [2.45, 2.75) is 13.3 Å². The average molecular weight is 348 g/mol. The lowest BCUT2D eigenvalue weighted by molar-refractivity contribution is -0.134. The minimum absolute atomic E-state index is 0.258. The van der Waals surface area contributed by atoms with Crippen LogP contribution in [0, 0.1) is 6.92 Å². The lowest BCUT2D eigenvalue weighted by atomic mass is 10.1. The van der Waals surface area contributed by atoms with E-state index in [1.165, 1.54) is 0 Å². The number of carbonyl (C=O) groups is 1. The zero-order chi connectivity index (χ0) is 16.4. The monoisotopic (exact) mass is 347 g/mol. The van der Waals surface area contributed by atoms with Crippen molar-refractivity contribution in [1.82, 2.24) is 0 Å². The fraction of sp³-hybridized carbons (Fsp3) is 0.167. The van der Waals surface area contributed by atoms with E-state index in [0.29, 0.717) is 34.3 Å². The zero-order valence-electron chi connectivity index (χ0n) is 12.5. The molecular formula is C18H15Cl2NO2. The molecule has 1 N–H and O–H groups in total.